The highest BCUT2D eigenvalue weighted by Gasteiger charge is 2.30. The van der Waals surface area contributed by atoms with Gasteiger partial charge in [0.1, 0.15) is 12.1 Å². The van der Waals surface area contributed by atoms with Gasteiger partial charge in [-0.25, -0.2) is 4.79 Å². The van der Waals surface area contributed by atoms with Gasteiger partial charge in [0.25, 0.3) is 0 Å². The molecule has 0 aromatic heterocycles. The average Bonchev–Trinajstić information content (AvgIpc) is 2.53. The fourth-order valence-corrected chi connectivity index (χ4v) is 1.94. The Kier molecular flexibility index (Phi) is 10.6. The van der Waals surface area contributed by atoms with Gasteiger partial charge in [0.05, 0.1) is 12.1 Å². The van der Waals surface area contributed by atoms with E-state index >= 15 is 0 Å². The van der Waals surface area contributed by atoms with Crippen LogP contribution in [0.15, 0.2) is 4.99 Å². The van der Waals surface area contributed by atoms with Crippen molar-refractivity contribution in [2.45, 2.75) is 44.0 Å². The van der Waals surface area contributed by atoms with E-state index in [1.807, 2.05) is 0 Å². The molecule has 10 N–H and O–H groups in total. The van der Waals surface area contributed by atoms with Gasteiger partial charge in [0.15, 0.2) is 5.96 Å². The molecule has 12 heteroatoms. The van der Waals surface area contributed by atoms with Crippen LogP contribution >= 0.6 is 12.6 Å². The summed E-state index contributed by atoms with van der Waals surface area (Å²) in [4.78, 5) is 38.9. The van der Waals surface area contributed by atoms with Gasteiger partial charge in [0.2, 0.25) is 11.8 Å². The minimum absolute atomic E-state index is 0.0442. The molecule has 0 aliphatic carbocycles. The SMILES string of the molecule is C[C@@H](O)[C@H](NC(=O)[C@@H](N)CS)C(=O)N[C@@H](CCCN=C(N)N)C(=O)O. The molecule has 0 aliphatic rings. The Morgan fingerprint density at radius 3 is 2.24 bits per heavy atom. The zero-order valence-electron chi connectivity index (χ0n) is 13.9. The number of nitrogens with zero attached hydrogens (tertiary/aromatic N) is 1. The molecule has 0 rings (SSSR count). The largest absolute Gasteiger partial charge is 0.480 e. The maximum Gasteiger partial charge on any atom is 0.326 e. The highest BCUT2D eigenvalue weighted by atomic mass is 32.1. The molecule has 25 heavy (non-hydrogen) atoms. The molecule has 0 unspecified atom stereocenters. The first kappa shape index (κ1) is 22.9. The van der Waals surface area contributed by atoms with Crippen molar-refractivity contribution in [3.05, 3.63) is 0 Å². The summed E-state index contributed by atoms with van der Waals surface area (Å²) in [6.07, 6.45) is -0.882. The third kappa shape index (κ3) is 9.12. The quantitative estimate of drug-likeness (QED) is 0.0790. The normalized spacial score (nSPS) is 15.4. The van der Waals surface area contributed by atoms with E-state index in [1.165, 1.54) is 6.92 Å². The maximum absolute atomic E-state index is 12.2. The summed E-state index contributed by atoms with van der Waals surface area (Å²) in [6.45, 7) is 1.49. The number of hydrogen-bond acceptors (Lipinski definition) is 7. The lowest BCUT2D eigenvalue weighted by Gasteiger charge is -2.24. The summed E-state index contributed by atoms with van der Waals surface area (Å²) in [5.41, 5.74) is 15.8. The molecule has 0 aliphatic heterocycles. The van der Waals surface area contributed by atoms with Gasteiger partial charge in [-0.3, -0.25) is 14.6 Å². The number of carbonyl (C=O) groups excluding carboxylic acids is 2. The molecule has 4 atom stereocenters. The molecule has 144 valence electrons. The van der Waals surface area contributed by atoms with Gasteiger partial charge < -0.3 is 38.0 Å². The highest BCUT2D eigenvalue weighted by molar-refractivity contribution is 7.80. The molecule has 0 heterocycles. The molecule has 11 nitrogen and oxygen atoms in total. The van der Waals surface area contributed by atoms with Gasteiger partial charge in [0, 0.05) is 12.3 Å². The number of carboxylic acid groups (broad SMARTS) is 1. The minimum Gasteiger partial charge on any atom is -0.480 e. The number of aliphatic hydroxyl groups excluding tert-OH is 1. The molecule has 0 aromatic rings. The van der Waals surface area contributed by atoms with Gasteiger partial charge in [-0.15, -0.1) is 0 Å². The molecule has 0 spiro atoms. The van der Waals surface area contributed by atoms with Gasteiger partial charge >= 0.3 is 5.97 Å². The minimum atomic E-state index is -1.35. The molecule has 0 saturated carbocycles. The van der Waals surface area contributed by atoms with Crippen molar-refractivity contribution >= 4 is 36.4 Å². The average molecular weight is 378 g/mol. The maximum atomic E-state index is 12.2. The number of rotatable bonds is 11. The van der Waals surface area contributed by atoms with Crippen molar-refractivity contribution in [2.24, 2.45) is 22.2 Å². The van der Waals surface area contributed by atoms with E-state index in [9.17, 15) is 24.6 Å². The predicted molar refractivity (Wildman–Crippen MR) is 94.9 cm³/mol. The number of thiol groups is 1. The number of amides is 2. The second-order valence-electron chi connectivity index (χ2n) is 5.36. The molecule has 0 bridgehead atoms. The lowest BCUT2D eigenvalue weighted by atomic mass is 10.1. The van der Waals surface area contributed by atoms with E-state index < -0.39 is 42.0 Å². The Morgan fingerprint density at radius 2 is 1.80 bits per heavy atom. The van der Waals surface area contributed by atoms with Crippen LogP contribution < -0.4 is 27.8 Å². The number of aliphatic hydroxyl groups is 1. The van der Waals surface area contributed by atoms with Crippen LogP contribution in [0.25, 0.3) is 0 Å². The predicted octanol–water partition coefficient (Wildman–Crippen LogP) is -3.27. The first-order valence-corrected chi connectivity index (χ1v) is 8.16. The number of guanidine groups is 1. The first-order chi connectivity index (χ1) is 11.6. The second kappa shape index (κ2) is 11.5. The van der Waals surface area contributed by atoms with E-state index in [-0.39, 0.29) is 24.7 Å². The number of carboxylic acids is 1. The number of aliphatic imine (C=N–C) groups is 1. The summed E-state index contributed by atoms with van der Waals surface area (Å²) >= 11 is 3.87. The molecule has 0 fully saturated rings. The lowest BCUT2D eigenvalue weighted by molar-refractivity contribution is -0.143. The molecule has 0 saturated heterocycles. The summed E-state index contributed by atoms with van der Waals surface area (Å²) < 4.78 is 0. The van der Waals surface area contributed by atoms with E-state index in [2.05, 4.69) is 28.3 Å². The smallest absolute Gasteiger partial charge is 0.326 e. The summed E-state index contributed by atoms with van der Waals surface area (Å²) in [6, 6.07) is -3.54. The fourth-order valence-electron chi connectivity index (χ4n) is 1.77. The van der Waals surface area contributed by atoms with E-state index in [1.54, 1.807) is 0 Å². The van der Waals surface area contributed by atoms with E-state index in [0.717, 1.165) is 0 Å². The third-order valence-corrected chi connectivity index (χ3v) is 3.55. The third-order valence-electron chi connectivity index (χ3n) is 3.16. The highest BCUT2D eigenvalue weighted by Crippen LogP contribution is 2.02. The fraction of sp³-hybridized carbons (Fsp3) is 0.692. The molecule has 2 amide bonds. The Balaban J connectivity index is 4.83. The first-order valence-electron chi connectivity index (χ1n) is 7.53. The van der Waals surface area contributed by atoms with Crippen molar-refractivity contribution in [1.29, 1.82) is 0 Å². The molecular weight excluding hydrogens is 352 g/mol. The van der Waals surface area contributed by atoms with Crippen molar-refractivity contribution in [3.63, 3.8) is 0 Å². The number of nitrogens with two attached hydrogens (primary N) is 3. The van der Waals surface area contributed by atoms with Gasteiger partial charge in [-0.05, 0) is 19.8 Å². The van der Waals surface area contributed by atoms with Crippen molar-refractivity contribution in [3.8, 4) is 0 Å². The van der Waals surface area contributed by atoms with Crippen LogP contribution in [0.1, 0.15) is 19.8 Å². The second-order valence-corrected chi connectivity index (χ2v) is 5.73. The zero-order valence-corrected chi connectivity index (χ0v) is 14.8. The Morgan fingerprint density at radius 1 is 1.20 bits per heavy atom. The van der Waals surface area contributed by atoms with Crippen LogP contribution in [0.4, 0.5) is 0 Å². The zero-order chi connectivity index (χ0) is 19.6. The molecular formula is C13H26N6O5S. The topological polar surface area (TPSA) is 206 Å². The standard InChI is InChI=1S/C13H26N6O5S/c1-6(20)9(19-10(21)7(14)5-25)11(22)18-8(12(23)24)3-2-4-17-13(15)16/h6-9,20,25H,2-5,14H2,1H3,(H,18,22)(H,19,21)(H,23,24)(H4,15,16,17)/t6-,7+,8+,9+/m1/s1. The van der Waals surface area contributed by atoms with Crippen molar-refractivity contribution in [2.75, 3.05) is 12.3 Å². The van der Waals surface area contributed by atoms with Crippen LogP contribution in [0, 0.1) is 0 Å². The lowest BCUT2D eigenvalue weighted by Crippen LogP contribution is -2.58. The van der Waals surface area contributed by atoms with Crippen LogP contribution in [-0.2, 0) is 14.4 Å². The Bertz CT molecular complexity index is 497. The van der Waals surface area contributed by atoms with Gasteiger partial charge in [-0.1, -0.05) is 0 Å². The van der Waals surface area contributed by atoms with Crippen LogP contribution in [0.5, 0.6) is 0 Å². The molecule has 0 aromatic carbocycles. The number of hydrogen-bond donors (Lipinski definition) is 8. The van der Waals surface area contributed by atoms with Crippen LogP contribution in [-0.4, -0.2) is 70.5 Å². The summed E-state index contributed by atoms with van der Waals surface area (Å²) in [5, 5.41) is 23.4. The summed E-state index contributed by atoms with van der Waals surface area (Å²) in [7, 11) is 0. The Hall–Kier alpha value is -2.05. The van der Waals surface area contributed by atoms with Crippen molar-refractivity contribution < 1.29 is 24.6 Å². The number of nitrogens with one attached hydrogen (secondary N) is 2. The Labute approximate surface area is 150 Å². The monoisotopic (exact) mass is 378 g/mol. The van der Waals surface area contributed by atoms with Crippen molar-refractivity contribution in [1.82, 2.24) is 10.6 Å². The van der Waals surface area contributed by atoms with Gasteiger partial charge in [-0.2, -0.15) is 12.6 Å². The number of aliphatic carboxylic acids is 1. The van der Waals surface area contributed by atoms with E-state index in [0.29, 0.717) is 6.42 Å². The number of carbonyl (C=O) groups is 3. The summed E-state index contributed by atoms with van der Waals surface area (Å²) in [5.74, 6) is -2.86. The molecule has 0 radical (unpaired) electrons. The van der Waals surface area contributed by atoms with E-state index in [4.69, 9.17) is 17.2 Å². The van der Waals surface area contributed by atoms with Crippen LogP contribution in [0.2, 0.25) is 0 Å². The van der Waals surface area contributed by atoms with Crippen LogP contribution in [0.3, 0.4) is 0 Å².